The van der Waals surface area contributed by atoms with Gasteiger partial charge < -0.3 is 9.80 Å². The van der Waals surface area contributed by atoms with E-state index in [4.69, 9.17) is 11.6 Å². The Morgan fingerprint density at radius 3 is 2.83 bits per heavy atom. The standard InChI is InChI=1S/C17H19ClN4O/c18-13-3-4-14-15(9-13)19-10-16(20-14)22-8-5-12(11-22)17(23)21-6-1-2-7-21/h3-4,9-10,12H,1-2,5-8,11H2. The van der Waals surface area contributed by atoms with Gasteiger partial charge in [0.05, 0.1) is 23.1 Å². The van der Waals surface area contributed by atoms with Crippen LogP contribution in [0.1, 0.15) is 19.3 Å². The highest BCUT2D eigenvalue weighted by Gasteiger charge is 2.33. The van der Waals surface area contributed by atoms with Crippen LogP contribution < -0.4 is 4.90 Å². The van der Waals surface area contributed by atoms with Crippen LogP contribution >= 0.6 is 11.6 Å². The predicted molar refractivity (Wildman–Crippen MR) is 90.7 cm³/mol. The quantitative estimate of drug-likeness (QED) is 0.849. The van der Waals surface area contributed by atoms with Crippen molar-refractivity contribution in [1.82, 2.24) is 14.9 Å². The molecule has 2 aliphatic heterocycles. The third-order valence-corrected chi connectivity index (χ3v) is 5.01. The Kier molecular flexibility index (Phi) is 3.81. The minimum Gasteiger partial charge on any atom is -0.354 e. The zero-order chi connectivity index (χ0) is 15.8. The fourth-order valence-corrected chi connectivity index (χ4v) is 3.66. The number of nitrogens with zero attached hydrogens (tertiary/aromatic N) is 4. The molecule has 1 aromatic carbocycles. The normalized spacial score (nSPS) is 21.3. The van der Waals surface area contributed by atoms with E-state index in [2.05, 4.69) is 14.9 Å². The van der Waals surface area contributed by atoms with Gasteiger partial charge in [0.25, 0.3) is 0 Å². The summed E-state index contributed by atoms with van der Waals surface area (Å²) >= 11 is 5.98. The van der Waals surface area contributed by atoms with Crippen molar-refractivity contribution in [1.29, 1.82) is 0 Å². The second-order valence-corrected chi connectivity index (χ2v) is 6.76. The molecular formula is C17H19ClN4O. The molecule has 4 rings (SSSR count). The molecule has 120 valence electrons. The smallest absolute Gasteiger partial charge is 0.227 e. The highest BCUT2D eigenvalue weighted by molar-refractivity contribution is 6.31. The first kappa shape index (κ1) is 14.7. The Morgan fingerprint density at radius 2 is 2.00 bits per heavy atom. The van der Waals surface area contributed by atoms with Gasteiger partial charge in [0.1, 0.15) is 5.82 Å². The summed E-state index contributed by atoms with van der Waals surface area (Å²) in [6.45, 7) is 3.44. The van der Waals surface area contributed by atoms with Crippen molar-refractivity contribution in [2.45, 2.75) is 19.3 Å². The Morgan fingerprint density at radius 1 is 1.17 bits per heavy atom. The molecule has 2 aliphatic rings. The SMILES string of the molecule is O=C(C1CCN(c2cnc3cc(Cl)ccc3n2)C1)N1CCCC1. The van der Waals surface area contributed by atoms with Crippen molar-refractivity contribution in [3.63, 3.8) is 0 Å². The maximum absolute atomic E-state index is 12.5. The van der Waals surface area contributed by atoms with Crippen LogP contribution in [0.15, 0.2) is 24.4 Å². The number of halogens is 1. The van der Waals surface area contributed by atoms with E-state index in [1.807, 2.05) is 23.1 Å². The number of carbonyl (C=O) groups excluding carboxylic acids is 1. The number of amides is 1. The van der Waals surface area contributed by atoms with E-state index in [1.165, 1.54) is 0 Å². The zero-order valence-electron chi connectivity index (χ0n) is 12.9. The van der Waals surface area contributed by atoms with Gasteiger partial charge >= 0.3 is 0 Å². The number of benzene rings is 1. The average Bonchev–Trinajstić information content (AvgIpc) is 3.25. The van der Waals surface area contributed by atoms with Crippen molar-refractivity contribution in [2.24, 2.45) is 5.92 Å². The van der Waals surface area contributed by atoms with Crippen LogP contribution in [0.25, 0.3) is 11.0 Å². The molecule has 2 fully saturated rings. The third-order valence-electron chi connectivity index (χ3n) is 4.77. The molecule has 6 heteroatoms. The van der Waals surface area contributed by atoms with Crippen molar-refractivity contribution in [2.75, 3.05) is 31.1 Å². The molecule has 0 radical (unpaired) electrons. The minimum absolute atomic E-state index is 0.0933. The summed E-state index contributed by atoms with van der Waals surface area (Å²) in [5.74, 6) is 1.25. The van der Waals surface area contributed by atoms with Gasteiger partial charge in [-0.05, 0) is 37.5 Å². The monoisotopic (exact) mass is 330 g/mol. The van der Waals surface area contributed by atoms with Crippen LogP contribution in [0.5, 0.6) is 0 Å². The molecule has 1 atom stereocenters. The van der Waals surface area contributed by atoms with Crippen LogP contribution in [-0.2, 0) is 4.79 Å². The van der Waals surface area contributed by atoms with Crippen molar-refractivity contribution >= 4 is 34.4 Å². The van der Waals surface area contributed by atoms with Gasteiger partial charge in [0.15, 0.2) is 0 Å². The van der Waals surface area contributed by atoms with Gasteiger partial charge in [0, 0.05) is 31.2 Å². The molecule has 0 saturated carbocycles. The van der Waals surface area contributed by atoms with Gasteiger partial charge in [-0.2, -0.15) is 0 Å². The maximum atomic E-state index is 12.5. The highest BCUT2D eigenvalue weighted by Crippen LogP contribution is 2.26. The predicted octanol–water partition coefficient (Wildman–Crippen LogP) is 2.73. The first-order valence-electron chi connectivity index (χ1n) is 8.17. The first-order valence-corrected chi connectivity index (χ1v) is 8.54. The van der Waals surface area contributed by atoms with Crippen molar-refractivity contribution in [3.05, 3.63) is 29.4 Å². The van der Waals surface area contributed by atoms with E-state index >= 15 is 0 Å². The third kappa shape index (κ3) is 2.85. The summed E-state index contributed by atoms with van der Waals surface area (Å²) in [7, 11) is 0. The van der Waals surface area contributed by atoms with E-state index in [0.29, 0.717) is 10.9 Å². The number of carbonyl (C=O) groups is 1. The summed E-state index contributed by atoms with van der Waals surface area (Å²) in [5, 5.41) is 0.664. The molecule has 3 heterocycles. The van der Waals surface area contributed by atoms with Crippen LogP contribution in [0.2, 0.25) is 5.02 Å². The summed E-state index contributed by atoms with van der Waals surface area (Å²) in [6, 6.07) is 5.53. The Hall–Kier alpha value is -1.88. The second kappa shape index (κ2) is 5.96. The van der Waals surface area contributed by atoms with Crippen LogP contribution in [0, 0.1) is 5.92 Å². The summed E-state index contributed by atoms with van der Waals surface area (Å²) in [5.41, 5.74) is 1.63. The van der Waals surface area contributed by atoms with Gasteiger partial charge in [-0.15, -0.1) is 0 Å². The number of likely N-dealkylation sites (tertiary alicyclic amines) is 1. The molecule has 0 spiro atoms. The van der Waals surface area contributed by atoms with E-state index in [9.17, 15) is 4.79 Å². The lowest BCUT2D eigenvalue weighted by Crippen LogP contribution is -2.35. The zero-order valence-corrected chi connectivity index (χ0v) is 13.7. The van der Waals surface area contributed by atoms with Crippen molar-refractivity contribution in [3.8, 4) is 0 Å². The molecule has 2 saturated heterocycles. The molecule has 1 amide bonds. The van der Waals surface area contributed by atoms with Gasteiger partial charge in [0.2, 0.25) is 5.91 Å². The average molecular weight is 331 g/mol. The van der Waals surface area contributed by atoms with E-state index in [0.717, 1.165) is 62.3 Å². The number of fused-ring (bicyclic) bond motifs is 1. The fraction of sp³-hybridized carbons (Fsp3) is 0.471. The fourth-order valence-electron chi connectivity index (χ4n) is 3.49. The molecule has 0 aliphatic carbocycles. The summed E-state index contributed by atoms with van der Waals surface area (Å²) in [4.78, 5) is 25.8. The number of aromatic nitrogens is 2. The maximum Gasteiger partial charge on any atom is 0.227 e. The van der Waals surface area contributed by atoms with Gasteiger partial charge in [-0.25, -0.2) is 4.98 Å². The van der Waals surface area contributed by atoms with Crippen LogP contribution in [0.4, 0.5) is 5.82 Å². The second-order valence-electron chi connectivity index (χ2n) is 6.33. The molecular weight excluding hydrogens is 312 g/mol. The molecule has 1 unspecified atom stereocenters. The topological polar surface area (TPSA) is 49.3 Å². The van der Waals surface area contributed by atoms with Crippen molar-refractivity contribution < 1.29 is 4.79 Å². The molecule has 5 nitrogen and oxygen atoms in total. The summed E-state index contributed by atoms with van der Waals surface area (Å²) < 4.78 is 0. The number of rotatable bonds is 2. The van der Waals surface area contributed by atoms with Gasteiger partial charge in [-0.1, -0.05) is 11.6 Å². The van der Waals surface area contributed by atoms with Crippen LogP contribution in [-0.4, -0.2) is 47.0 Å². The summed E-state index contributed by atoms with van der Waals surface area (Å²) in [6.07, 6.45) is 4.96. The first-order chi connectivity index (χ1) is 11.2. The minimum atomic E-state index is 0.0933. The van der Waals surface area contributed by atoms with Crippen LogP contribution in [0.3, 0.4) is 0 Å². The lowest BCUT2D eigenvalue weighted by molar-refractivity contribution is -0.133. The molecule has 2 aromatic rings. The number of anilines is 1. The van der Waals surface area contributed by atoms with E-state index < -0.39 is 0 Å². The van der Waals surface area contributed by atoms with Gasteiger partial charge in [-0.3, -0.25) is 9.78 Å². The Balaban J connectivity index is 1.50. The highest BCUT2D eigenvalue weighted by atomic mass is 35.5. The van der Waals surface area contributed by atoms with E-state index in [1.54, 1.807) is 6.20 Å². The molecule has 23 heavy (non-hydrogen) atoms. The number of hydrogen-bond donors (Lipinski definition) is 0. The number of hydrogen-bond acceptors (Lipinski definition) is 4. The van der Waals surface area contributed by atoms with E-state index in [-0.39, 0.29) is 5.92 Å². The Labute approximate surface area is 140 Å². The largest absolute Gasteiger partial charge is 0.354 e. The Bertz CT molecular complexity index is 744. The lowest BCUT2D eigenvalue weighted by atomic mass is 10.1. The lowest BCUT2D eigenvalue weighted by Gasteiger charge is -2.21. The molecule has 0 N–H and O–H groups in total. The molecule has 0 bridgehead atoms. The molecule has 1 aromatic heterocycles.